The van der Waals surface area contributed by atoms with Crippen molar-refractivity contribution in [3.63, 3.8) is 0 Å². The van der Waals surface area contributed by atoms with Gasteiger partial charge in [-0.05, 0) is 24.6 Å². The van der Waals surface area contributed by atoms with Gasteiger partial charge in [-0.2, -0.15) is 5.26 Å². The number of nitriles is 1. The van der Waals surface area contributed by atoms with Gasteiger partial charge in [-0.3, -0.25) is 0 Å². The fourth-order valence-corrected chi connectivity index (χ4v) is 2.25. The molecule has 2 atom stereocenters. The van der Waals surface area contributed by atoms with Gasteiger partial charge in [0.25, 0.3) is 0 Å². The first-order valence-electron chi connectivity index (χ1n) is 6.77. The zero-order valence-corrected chi connectivity index (χ0v) is 11.6. The molecule has 0 aromatic heterocycles. The van der Waals surface area contributed by atoms with Gasteiger partial charge in [0.15, 0.2) is 6.61 Å². The average Bonchev–Trinajstić information content (AvgIpc) is 2.78. The van der Waals surface area contributed by atoms with Gasteiger partial charge in [0, 0.05) is 26.1 Å². The zero-order chi connectivity index (χ0) is 14.4. The second kappa shape index (κ2) is 6.71. The van der Waals surface area contributed by atoms with E-state index in [1.165, 1.54) is 0 Å². The van der Waals surface area contributed by atoms with E-state index in [2.05, 4.69) is 5.32 Å². The van der Waals surface area contributed by atoms with Crippen LogP contribution in [0.15, 0.2) is 24.3 Å². The quantitative estimate of drug-likeness (QED) is 0.817. The number of nitrogens with zero attached hydrogens (tertiary/aromatic N) is 1. The number of benzene rings is 1. The molecule has 108 valence electrons. The lowest BCUT2D eigenvalue weighted by Gasteiger charge is -2.26. The first kappa shape index (κ1) is 14.8. The fraction of sp³-hybridized carbons (Fsp3) is 0.533. The molecule has 20 heavy (non-hydrogen) atoms. The Hall–Kier alpha value is -1.61. The largest absolute Gasteiger partial charge is 0.479 e. The van der Waals surface area contributed by atoms with Crippen LogP contribution >= 0.6 is 0 Å². The molecule has 1 saturated heterocycles. The lowest BCUT2D eigenvalue weighted by molar-refractivity contribution is -0.0262. The summed E-state index contributed by atoms with van der Waals surface area (Å²) in [7, 11) is 0. The minimum Gasteiger partial charge on any atom is -0.479 e. The second-order valence-electron chi connectivity index (χ2n) is 5.06. The van der Waals surface area contributed by atoms with Crippen molar-refractivity contribution in [1.82, 2.24) is 5.32 Å². The normalized spacial score (nSPS) is 25.4. The Morgan fingerprint density at radius 2 is 2.25 bits per heavy atom. The molecule has 1 aliphatic heterocycles. The molecular formula is C15H20N2O3. The fourth-order valence-electron chi connectivity index (χ4n) is 2.25. The van der Waals surface area contributed by atoms with E-state index in [9.17, 15) is 5.11 Å². The molecule has 0 radical (unpaired) electrons. The average molecular weight is 276 g/mol. The smallest absolute Gasteiger partial charge is 0.174 e. The van der Waals surface area contributed by atoms with Crippen LogP contribution in [0.5, 0.6) is 5.75 Å². The maximum absolute atomic E-state index is 10.3. The van der Waals surface area contributed by atoms with Crippen molar-refractivity contribution in [1.29, 1.82) is 5.26 Å². The highest BCUT2D eigenvalue weighted by Gasteiger charge is 2.38. The minimum absolute atomic E-state index is 0.0581. The lowest BCUT2D eigenvalue weighted by Crippen LogP contribution is -2.45. The number of nitrogens with one attached hydrogen (secondary N) is 1. The summed E-state index contributed by atoms with van der Waals surface area (Å²) in [6.07, 6.45) is 0.541. The predicted octanol–water partition coefficient (Wildman–Crippen LogP) is 1.22. The van der Waals surface area contributed by atoms with Crippen molar-refractivity contribution in [2.45, 2.75) is 31.6 Å². The predicted molar refractivity (Wildman–Crippen MR) is 74.2 cm³/mol. The summed E-state index contributed by atoms with van der Waals surface area (Å²) in [4.78, 5) is 0. The standard InChI is InChI=1S/C15H20N2O3/c1-12-15(18,6-8-19-12)11-17-10-13-2-4-14(5-3-13)20-9-7-16/h2-5,12,17-18H,6,8-11H2,1H3. The van der Waals surface area contributed by atoms with Gasteiger partial charge >= 0.3 is 0 Å². The van der Waals surface area contributed by atoms with Gasteiger partial charge in [-0.15, -0.1) is 0 Å². The summed E-state index contributed by atoms with van der Waals surface area (Å²) in [6, 6.07) is 9.49. The Bertz CT molecular complexity index is 469. The maximum atomic E-state index is 10.3. The van der Waals surface area contributed by atoms with Gasteiger partial charge in [-0.1, -0.05) is 12.1 Å². The zero-order valence-electron chi connectivity index (χ0n) is 11.6. The van der Waals surface area contributed by atoms with Crippen LogP contribution in [0.25, 0.3) is 0 Å². The van der Waals surface area contributed by atoms with Crippen molar-refractivity contribution >= 4 is 0 Å². The van der Waals surface area contributed by atoms with Crippen LogP contribution in [0.1, 0.15) is 18.9 Å². The third kappa shape index (κ3) is 3.70. The van der Waals surface area contributed by atoms with Crippen LogP contribution < -0.4 is 10.1 Å². The van der Waals surface area contributed by atoms with Crippen LogP contribution in [0.2, 0.25) is 0 Å². The lowest BCUT2D eigenvalue weighted by atomic mass is 9.96. The van der Waals surface area contributed by atoms with Crippen LogP contribution in [-0.4, -0.2) is 36.6 Å². The Morgan fingerprint density at radius 3 is 2.85 bits per heavy atom. The van der Waals surface area contributed by atoms with Crippen molar-refractivity contribution < 1.29 is 14.6 Å². The van der Waals surface area contributed by atoms with Crippen LogP contribution in [0.3, 0.4) is 0 Å². The van der Waals surface area contributed by atoms with E-state index in [1.807, 2.05) is 37.3 Å². The number of rotatable bonds is 6. The molecule has 2 N–H and O–H groups in total. The Morgan fingerprint density at radius 1 is 1.50 bits per heavy atom. The molecule has 2 unspecified atom stereocenters. The molecule has 1 fully saturated rings. The van der Waals surface area contributed by atoms with Gasteiger partial charge in [0.1, 0.15) is 17.4 Å². The molecule has 1 heterocycles. The number of hydrogen-bond acceptors (Lipinski definition) is 5. The summed E-state index contributed by atoms with van der Waals surface area (Å²) in [6.45, 7) is 3.76. The Labute approximate surface area is 119 Å². The van der Waals surface area contributed by atoms with Crippen molar-refractivity contribution in [2.24, 2.45) is 0 Å². The van der Waals surface area contributed by atoms with Gasteiger partial charge in [0.05, 0.1) is 6.10 Å². The maximum Gasteiger partial charge on any atom is 0.174 e. The van der Waals surface area contributed by atoms with Crippen LogP contribution in [0, 0.1) is 11.3 Å². The van der Waals surface area contributed by atoms with E-state index < -0.39 is 5.60 Å². The van der Waals surface area contributed by atoms with Gasteiger partial charge in [0.2, 0.25) is 0 Å². The van der Waals surface area contributed by atoms with Crippen molar-refractivity contribution in [3.8, 4) is 11.8 Å². The molecule has 1 aliphatic rings. The van der Waals surface area contributed by atoms with Crippen molar-refractivity contribution in [2.75, 3.05) is 19.8 Å². The molecule has 0 saturated carbocycles. The monoisotopic (exact) mass is 276 g/mol. The van der Waals surface area contributed by atoms with Gasteiger partial charge in [-0.25, -0.2) is 0 Å². The highest BCUT2D eigenvalue weighted by Crippen LogP contribution is 2.24. The summed E-state index contributed by atoms with van der Waals surface area (Å²) in [5.74, 6) is 0.687. The first-order chi connectivity index (χ1) is 9.64. The molecule has 2 rings (SSSR count). The Balaban J connectivity index is 1.78. The van der Waals surface area contributed by atoms with Gasteiger partial charge < -0.3 is 19.9 Å². The molecule has 0 bridgehead atoms. The minimum atomic E-state index is -0.768. The van der Waals surface area contributed by atoms with E-state index >= 15 is 0 Å². The summed E-state index contributed by atoms with van der Waals surface area (Å²) < 4.78 is 10.6. The number of aliphatic hydroxyl groups is 1. The summed E-state index contributed by atoms with van der Waals surface area (Å²) in [5.41, 5.74) is 0.333. The SMILES string of the molecule is CC1OCCC1(O)CNCc1ccc(OCC#N)cc1. The molecule has 5 nitrogen and oxygen atoms in total. The number of ether oxygens (including phenoxy) is 2. The topological polar surface area (TPSA) is 74.5 Å². The Kier molecular flexibility index (Phi) is 4.96. The second-order valence-corrected chi connectivity index (χ2v) is 5.06. The van der Waals surface area contributed by atoms with E-state index in [0.717, 1.165) is 5.56 Å². The molecule has 0 spiro atoms. The molecule has 0 amide bonds. The molecule has 5 heteroatoms. The van der Waals surface area contributed by atoms with Crippen LogP contribution in [-0.2, 0) is 11.3 Å². The third-order valence-corrected chi connectivity index (χ3v) is 3.65. The summed E-state index contributed by atoms with van der Waals surface area (Å²) >= 11 is 0. The first-order valence-corrected chi connectivity index (χ1v) is 6.77. The third-order valence-electron chi connectivity index (χ3n) is 3.65. The molecule has 0 aliphatic carbocycles. The van der Waals surface area contributed by atoms with E-state index in [0.29, 0.717) is 31.9 Å². The summed E-state index contributed by atoms with van der Waals surface area (Å²) in [5, 5.41) is 22.0. The number of hydrogen-bond donors (Lipinski definition) is 2. The molecule has 1 aromatic rings. The van der Waals surface area contributed by atoms with Crippen LogP contribution in [0.4, 0.5) is 0 Å². The highest BCUT2D eigenvalue weighted by molar-refractivity contribution is 5.27. The van der Waals surface area contributed by atoms with E-state index in [4.69, 9.17) is 14.7 Å². The highest BCUT2D eigenvalue weighted by atomic mass is 16.5. The van der Waals surface area contributed by atoms with Crippen molar-refractivity contribution in [3.05, 3.63) is 29.8 Å². The molecular weight excluding hydrogens is 256 g/mol. The van der Waals surface area contributed by atoms with E-state index in [1.54, 1.807) is 0 Å². The molecule has 1 aromatic carbocycles. The van der Waals surface area contributed by atoms with E-state index in [-0.39, 0.29) is 12.7 Å².